The molecule has 122 valence electrons. The third-order valence-corrected chi connectivity index (χ3v) is 3.42. The van der Waals surface area contributed by atoms with Crippen molar-refractivity contribution in [3.8, 4) is 11.3 Å². The highest BCUT2D eigenvalue weighted by molar-refractivity contribution is 5.64. The third-order valence-electron chi connectivity index (χ3n) is 3.42. The monoisotopic (exact) mass is 319 g/mol. The summed E-state index contributed by atoms with van der Waals surface area (Å²) in [7, 11) is 0. The number of anilines is 3. The molecule has 0 unspecified atom stereocenters. The average Bonchev–Trinajstić information content (AvgIpc) is 2.58. The Kier molecular flexibility index (Phi) is 4.47. The molecule has 0 aromatic carbocycles. The first kappa shape index (κ1) is 15.3. The maximum absolute atomic E-state index is 14.7. The van der Waals surface area contributed by atoms with Gasteiger partial charge in [0.15, 0.2) is 11.6 Å². The van der Waals surface area contributed by atoms with Crippen LogP contribution in [0.4, 0.5) is 22.1 Å². The second-order valence-electron chi connectivity index (χ2n) is 4.99. The summed E-state index contributed by atoms with van der Waals surface area (Å²) in [5.74, 6) is 0.217. The van der Waals surface area contributed by atoms with Gasteiger partial charge in [0, 0.05) is 37.6 Å². The molecular weight excluding hydrogens is 301 g/mol. The van der Waals surface area contributed by atoms with E-state index in [9.17, 15) is 4.39 Å². The van der Waals surface area contributed by atoms with Gasteiger partial charge < -0.3 is 20.7 Å². The lowest BCUT2D eigenvalue weighted by atomic mass is 10.2. The van der Waals surface area contributed by atoms with Crippen LogP contribution in [0.3, 0.4) is 0 Å². The van der Waals surface area contributed by atoms with E-state index in [0.29, 0.717) is 44.4 Å². The molecule has 3 heterocycles. The number of morpholine rings is 1. The van der Waals surface area contributed by atoms with Crippen LogP contribution in [0, 0.1) is 5.82 Å². The van der Waals surface area contributed by atoms with Crippen molar-refractivity contribution in [2.24, 2.45) is 0 Å². The predicted molar refractivity (Wildman–Crippen MR) is 84.6 cm³/mol. The molecule has 0 atom stereocenters. The molecule has 0 amide bonds. The maximum atomic E-state index is 14.7. The smallest absolute Gasteiger partial charge is 0.228 e. The summed E-state index contributed by atoms with van der Waals surface area (Å²) in [5, 5.41) is 2.93. The number of rotatable bonds is 4. The Labute approximate surface area is 132 Å². The van der Waals surface area contributed by atoms with Crippen LogP contribution in [0.25, 0.3) is 11.3 Å². The van der Waals surface area contributed by atoms with Crippen LogP contribution in [0.15, 0.2) is 12.4 Å². The van der Waals surface area contributed by atoms with Crippen molar-refractivity contribution in [3.63, 3.8) is 0 Å². The molecule has 1 aliphatic rings. The second kappa shape index (κ2) is 6.69. The minimum absolute atomic E-state index is 0.128. The van der Waals surface area contributed by atoms with Crippen molar-refractivity contribution in [1.82, 2.24) is 19.9 Å². The van der Waals surface area contributed by atoms with E-state index in [1.807, 2.05) is 11.8 Å². The van der Waals surface area contributed by atoms with Crippen LogP contribution in [0.1, 0.15) is 6.92 Å². The van der Waals surface area contributed by atoms with Gasteiger partial charge in [-0.15, -0.1) is 0 Å². The zero-order valence-corrected chi connectivity index (χ0v) is 12.8. The third kappa shape index (κ3) is 3.29. The summed E-state index contributed by atoms with van der Waals surface area (Å²) in [6.07, 6.45) is 2.90. The van der Waals surface area contributed by atoms with Crippen molar-refractivity contribution in [1.29, 1.82) is 0 Å². The van der Waals surface area contributed by atoms with Crippen molar-refractivity contribution in [2.75, 3.05) is 48.8 Å². The molecule has 0 aliphatic carbocycles. The summed E-state index contributed by atoms with van der Waals surface area (Å²) in [4.78, 5) is 18.4. The first-order valence-electron chi connectivity index (χ1n) is 7.41. The van der Waals surface area contributed by atoms with Crippen LogP contribution < -0.4 is 16.0 Å². The van der Waals surface area contributed by atoms with Crippen LogP contribution in [0.5, 0.6) is 0 Å². The Morgan fingerprint density at radius 3 is 2.61 bits per heavy atom. The Balaban J connectivity index is 2.05. The molecule has 1 saturated heterocycles. The number of ether oxygens (including phenoxy) is 1. The molecule has 23 heavy (non-hydrogen) atoms. The largest absolute Gasteiger partial charge is 0.378 e. The number of nitrogens with zero attached hydrogens (tertiary/aromatic N) is 5. The molecule has 1 fully saturated rings. The molecular formula is C14H18FN7O. The minimum atomic E-state index is -0.530. The molecule has 2 aromatic heterocycles. The van der Waals surface area contributed by atoms with E-state index in [1.54, 1.807) is 0 Å². The molecule has 2 aromatic rings. The quantitative estimate of drug-likeness (QED) is 0.858. The lowest BCUT2D eigenvalue weighted by Gasteiger charge is -2.27. The predicted octanol–water partition coefficient (Wildman–Crippen LogP) is 0.923. The number of nitrogens with two attached hydrogens (primary N) is 1. The fraction of sp³-hybridized carbons (Fsp3) is 0.429. The van der Waals surface area contributed by atoms with Crippen LogP contribution in [-0.4, -0.2) is 52.8 Å². The van der Waals surface area contributed by atoms with Gasteiger partial charge in [0.25, 0.3) is 0 Å². The zero-order chi connectivity index (χ0) is 16.2. The van der Waals surface area contributed by atoms with E-state index < -0.39 is 5.82 Å². The maximum Gasteiger partial charge on any atom is 0.228 e. The van der Waals surface area contributed by atoms with Gasteiger partial charge in [-0.2, -0.15) is 4.98 Å². The number of hydrogen-bond acceptors (Lipinski definition) is 8. The van der Waals surface area contributed by atoms with Gasteiger partial charge in [0.05, 0.1) is 13.2 Å². The fourth-order valence-corrected chi connectivity index (χ4v) is 2.28. The van der Waals surface area contributed by atoms with Gasteiger partial charge in [0.1, 0.15) is 5.69 Å². The van der Waals surface area contributed by atoms with Gasteiger partial charge >= 0.3 is 0 Å². The van der Waals surface area contributed by atoms with Gasteiger partial charge in [-0.1, -0.05) is 0 Å². The average molecular weight is 319 g/mol. The van der Waals surface area contributed by atoms with E-state index in [1.165, 1.54) is 12.4 Å². The number of halogens is 1. The van der Waals surface area contributed by atoms with E-state index >= 15 is 0 Å². The van der Waals surface area contributed by atoms with E-state index in [4.69, 9.17) is 10.5 Å². The van der Waals surface area contributed by atoms with Gasteiger partial charge in [-0.05, 0) is 6.92 Å². The molecule has 0 spiro atoms. The van der Waals surface area contributed by atoms with Crippen molar-refractivity contribution >= 4 is 17.7 Å². The first-order valence-corrected chi connectivity index (χ1v) is 7.41. The number of nitrogens with one attached hydrogen (secondary N) is 1. The van der Waals surface area contributed by atoms with Crippen molar-refractivity contribution in [3.05, 3.63) is 18.2 Å². The summed E-state index contributed by atoms with van der Waals surface area (Å²) < 4.78 is 20.0. The van der Waals surface area contributed by atoms with E-state index in [2.05, 4.69) is 25.3 Å². The van der Waals surface area contributed by atoms with E-state index in [-0.39, 0.29) is 17.5 Å². The SMILES string of the molecule is CCNc1nc(N2CCOCC2)nc(-c2cnc(N)nc2)c1F. The van der Waals surface area contributed by atoms with Crippen LogP contribution in [0.2, 0.25) is 0 Å². The number of aromatic nitrogens is 4. The van der Waals surface area contributed by atoms with Crippen LogP contribution in [-0.2, 0) is 4.74 Å². The normalized spacial score (nSPS) is 14.8. The summed E-state index contributed by atoms with van der Waals surface area (Å²) in [5.41, 5.74) is 6.09. The highest BCUT2D eigenvalue weighted by Gasteiger charge is 2.21. The summed E-state index contributed by atoms with van der Waals surface area (Å²) in [6.45, 7) is 4.94. The Morgan fingerprint density at radius 1 is 1.26 bits per heavy atom. The molecule has 3 N–H and O–H groups in total. The van der Waals surface area contributed by atoms with Crippen LogP contribution >= 0.6 is 0 Å². The highest BCUT2D eigenvalue weighted by Crippen LogP contribution is 2.27. The topological polar surface area (TPSA) is 102 Å². The fourth-order valence-electron chi connectivity index (χ4n) is 2.28. The molecule has 0 radical (unpaired) electrons. The Hall–Kier alpha value is -2.55. The Bertz CT molecular complexity index is 674. The highest BCUT2D eigenvalue weighted by atomic mass is 19.1. The molecule has 3 rings (SSSR count). The summed E-state index contributed by atoms with van der Waals surface area (Å²) >= 11 is 0. The van der Waals surface area contributed by atoms with Gasteiger partial charge in [0.2, 0.25) is 11.9 Å². The van der Waals surface area contributed by atoms with Gasteiger partial charge in [-0.3, -0.25) is 0 Å². The molecule has 0 saturated carbocycles. The zero-order valence-electron chi connectivity index (χ0n) is 12.8. The molecule has 8 nitrogen and oxygen atoms in total. The van der Waals surface area contributed by atoms with Gasteiger partial charge in [-0.25, -0.2) is 19.3 Å². The molecule has 0 bridgehead atoms. The number of nitrogen functional groups attached to an aromatic ring is 1. The summed E-state index contributed by atoms with van der Waals surface area (Å²) in [6, 6.07) is 0. The lowest BCUT2D eigenvalue weighted by molar-refractivity contribution is 0.122. The minimum Gasteiger partial charge on any atom is -0.378 e. The van der Waals surface area contributed by atoms with E-state index in [0.717, 1.165) is 0 Å². The Morgan fingerprint density at radius 2 is 1.96 bits per heavy atom. The second-order valence-corrected chi connectivity index (χ2v) is 4.99. The lowest BCUT2D eigenvalue weighted by Crippen LogP contribution is -2.37. The molecule has 1 aliphatic heterocycles. The first-order chi connectivity index (χ1) is 11.2. The standard InChI is InChI=1S/C14H18FN7O/c1-2-17-12-10(15)11(9-7-18-13(16)19-8-9)20-14(21-12)22-3-5-23-6-4-22/h7-8H,2-6H2,1H3,(H2,16,18,19)(H,17,20,21). The van der Waals surface area contributed by atoms with Crippen molar-refractivity contribution in [2.45, 2.75) is 6.92 Å². The number of hydrogen-bond donors (Lipinski definition) is 2. The molecule has 9 heteroatoms. The van der Waals surface area contributed by atoms with Crippen molar-refractivity contribution < 1.29 is 9.13 Å².